The predicted molar refractivity (Wildman–Crippen MR) is 69.7 cm³/mol. The number of nitrogens with one attached hydrogen (secondary N) is 1. The Kier molecular flexibility index (Phi) is 3.98. The van der Waals surface area contributed by atoms with E-state index in [1.807, 2.05) is 0 Å². The van der Waals surface area contributed by atoms with Crippen LogP contribution in [0.1, 0.15) is 49.7 Å². The van der Waals surface area contributed by atoms with Gasteiger partial charge in [-0.1, -0.05) is 26.2 Å². The highest BCUT2D eigenvalue weighted by molar-refractivity contribution is 7.09. The number of nitrogens with zero attached hydrogens (tertiary/aromatic N) is 1. The van der Waals surface area contributed by atoms with Gasteiger partial charge in [-0.3, -0.25) is 0 Å². The largest absolute Gasteiger partial charge is 0.310 e. The molecule has 2 rings (SSSR count). The van der Waals surface area contributed by atoms with Gasteiger partial charge in [0.2, 0.25) is 0 Å². The van der Waals surface area contributed by atoms with Crippen LogP contribution in [0.15, 0.2) is 5.38 Å². The van der Waals surface area contributed by atoms with Crippen LogP contribution in [0.3, 0.4) is 0 Å². The van der Waals surface area contributed by atoms with Crippen LogP contribution in [-0.2, 0) is 6.54 Å². The molecule has 1 N–H and O–H groups in total. The molecule has 0 saturated heterocycles. The molecule has 0 atom stereocenters. The zero-order valence-electron chi connectivity index (χ0n) is 10.4. The van der Waals surface area contributed by atoms with Gasteiger partial charge in [0.05, 0.1) is 0 Å². The third-order valence-electron chi connectivity index (χ3n) is 3.56. The van der Waals surface area contributed by atoms with E-state index in [0.29, 0.717) is 5.41 Å². The van der Waals surface area contributed by atoms with E-state index in [4.69, 9.17) is 0 Å². The summed E-state index contributed by atoms with van der Waals surface area (Å²) in [6.45, 7) is 6.56. The van der Waals surface area contributed by atoms with Crippen molar-refractivity contribution in [3.05, 3.63) is 16.1 Å². The van der Waals surface area contributed by atoms with Crippen molar-refractivity contribution in [3.8, 4) is 0 Å². The third-order valence-corrected chi connectivity index (χ3v) is 4.52. The summed E-state index contributed by atoms with van der Waals surface area (Å²) in [5, 5.41) is 6.92. The van der Waals surface area contributed by atoms with E-state index in [1.54, 1.807) is 11.3 Å². The van der Waals surface area contributed by atoms with Crippen molar-refractivity contribution in [3.63, 3.8) is 0 Å². The van der Waals surface area contributed by atoms with E-state index >= 15 is 0 Å². The SMILES string of the molecule is Cc1csc(CNCC2(C)CCCCC2)n1. The zero-order valence-corrected chi connectivity index (χ0v) is 11.2. The summed E-state index contributed by atoms with van der Waals surface area (Å²) in [6, 6.07) is 0. The van der Waals surface area contributed by atoms with Crippen molar-refractivity contribution < 1.29 is 0 Å². The molecule has 2 nitrogen and oxygen atoms in total. The monoisotopic (exact) mass is 238 g/mol. The average Bonchev–Trinajstić information content (AvgIpc) is 2.65. The first-order valence-electron chi connectivity index (χ1n) is 6.30. The lowest BCUT2D eigenvalue weighted by atomic mass is 9.76. The summed E-state index contributed by atoms with van der Waals surface area (Å²) < 4.78 is 0. The molecule has 1 heterocycles. The summed E-state index contributed by atoms with van der Waals surface area (Å²) in [5.74, 6) is 0. The van der Waals surface area contributed by atoms with Gasteiger partial charge in [0.1, 0.15) is 5.01 Å². The Morgan fingerprint density at radius 2 is 2.12 bits per heavy atom. The second-order valence-electron chi connectivity index (χ2n) is 5.36. The minimum atomic E-state index is 0.532. The van der Waals surface area contributed by atoms with Gasteiger partial charge in [0, 0.05) is 24.2 Å². The maximum Gasteiger partial charge on any atom is 0.107 e. The molecule has 1 aromatic rings. The Morgan fingerprint density at radius 3 is 2.75 bits per heavy atom. The predicted octanol–water partition coefficient (Wildman–Crippen LogP) is 3.51. The quantitative estimate of drug-likeness (QED) is 0.868. The Labute approximate surface area is 102 Å². The third kappa shape index (κ3) is 3.29. The smallest absolute Gasteiger partial charge is 0.107 e. The molecular weight excluding hydrogens is 216 g/mol. The van der Waals surface area contributed by atoms with Crippen molar-refractivity contribution in [2.24, 2.45) is 5.41 Å². The Bertz CT molecular complexity index is 326. The van der Waals surface area contributed by atoms with Crippen LogP contribution >= 0.6 is 11.3 Å². The normalized spacial score (nSPS) is 19.9. The van der Waals surface area contributed by atoms with Gasteiger partial charge in [-0.25, -0.2) is 4.98 Å². The minimum absolute atomic E-state index is 0.532. The molecule has 1 aromatic heterocycles. The van der Waals surface area contributed by atoms with Crippen LogP contribution < -0.4 is 5.32 Å². The van der Waals surface area contributed by atoms with Gasteiger partial charge in [-0.05, 0) is 25.2 Å². The fourth-order valence-electron chi connectivity index (χ4n) is 2.54. The van der Waals surface area contributed by atoms with Crippen molar-refractivity contribution in [1.82, 2.24) is 10.3 Å². The van der Waals surface area contributed by atoms with Crippen LogP contribution in [0, 0.1) is 12.3 Å². The van der Waals surface area contributed by atoms with Crippen molar-refractivity contribution in [2.75, 3.05) is 6.54 Å². The van der Waals surface area contributed by atoms with E-state index in [0.717, 1.165) is 18.8 Å². The second-order valence-corrected chi connectivity index (χ2v) is 6.30. The molecule has 1 saturated carbocycles. The summed E-state index contributed by atoms with van der Waals surface area (Å²) in [5.41, 5.74) is 1.68. The van der Waals surface area contributed by atoms with Crippen LogP contribution in [0.2, 0.25) is 0 Å². The summed E-state index contributed by atoms with van der Waals surface area (Å²) in [7, 11) is 0. The van der Waals surface area contributed by atoms with Gasteiger partial charge >= 0.3 is 0 Å². The van der Waals surface area contributed by atoms with Crippen molar-refractivity contribution >= 4 is 11.3 Å². The number of hydrogen-bond acceptors (Lipinski definition) is 3. The standard InChI is InChI=1S/C13H22N2S/c1-11-9-16-12(15-11)8-14-10-13(2)6-4-3-5-7-13/h9,14H,3-8,10H2,1-2H3. The first kappa shape index (κ1) is 12.1. The van der Waals surface area contributed by atoms with E-state index in [9.17, 15) is 0 Å². The second kappa shape index (κ2) is 5.28. The maximum atomic E-state index is 4.47. The maximum absolute atomic E-state index is 4.47. The molecule has 16 heavy (non-hydrogen) atoms. The van der Waals surface area contributed by atoms with E-state index in [1.165, 1.54) is 37.1 Å². The Balaban J connectivity index is 1.74. The summed E-state index contributed by atoms with van der Waals surface area (Å²) >= 11 is 1.76. The minimum Gasteiger partial charge on any atom is -0.310 e. The molecule has 0 amide bonds. The zero-order chi connectivity index (χ0) is 11.4. The number of thiazole rings is 1. The van der Waals surface area contributed by atoms with E-state index in [2.05, 4.69) is 29.5 Å². The highest BCUT2D eigenvalue weighted by Gasteiger charge is 2.25. The number of hydrogen-bond donors (Lipinski definition) is 1. The molecule has 0 aliphatic heterocycles. The summed E-state index contributed by atoms with van der Waals surface area (Å²) in [4.78, 5) is 4.47. The van der Waals surface area contributed by atoms with Gasteiger partial charge in [-0.2, -0.15) is 0 Å². The lowest BCUT2D eigenvalue weighted by Crippen LogP contribution is -2.33. The summed E-state index contributed by atoms with van der Waals surface area (Å²) in [6.07, 6.45) is 7.03. The van der Waals surface area contributed by atoms with Gasteiger partial charge in [0.25, 0.3) is 0 Å². The fourth-order valence-corrected chi connectivity index (χ4v) is 3.28. The molecule has 0 aromatic carbocycles. The molecular formula is C13H22N2S. The van der Waals surface area contributed by atoms with Crippen LogP contribution in [0.25, 0.3) is 0 Å². The van der Waals surface area contributed by atoms with Gasteiger partial charge in [-0.15, -0.1) is 11.3 Å². The van der Waals surface area contributed by atoms with Crippen LogP contribution in [0.4, 0.5) is 0 Å². The molecule has 1 fully saturated rings. The van der Waals surface area contributed by atoms with Crippen molar-refractivity contribution in [2.45, 2.75) is 52.5 Å². The molecule has 3 heteroatoms. The topological polar surface area (TPSA) is 24.9 Å². The molecule has 0 radical (unpaired) electrons. The number of aromatic nitrogens is 1. The van der Waals surface area contributed by atoms with Gasteiger partial charge in [0.15, 0.2) is 0 Å². The highest BCUT2D eigenvalue weighted by atomic mass is 32.1. The molecule has 0 unspecified atom stereocenters. The highest BCUT2D eigenvalue weighted by Crippen LogP contribution is 2.34. The molecule has 0 bridgehead atoms. The molecule has 1 aliphatic rings. The number of aryl methyl sites for hydroxylation is 1. The van der Waals surface area contributed by atoms with Crippen molar-refractivity contribution in [1.29, 1.82) is 0 Å². The number of rotatable bonds is 4. The molecule has 1 aliphatic carbocycles. The molecule has 0 spiro atoms. The van der Waals surface area contributed by atoms with Crippen LogP contribution in [-0.4, -0.2) is 11.5 Å². The fraction of sp³-hybridized carbons (Fsp3) is 0.769. The Morgan fingerprint density at radius 1 is 1.38 bits per heavy atom. The van der Waals surface area contributed by atoms with E-state index < -0.39 is 0 Å². The van der Waals surface area contributed by atoms with Crippen LogP contribution in [0.5, 0.6) is 0 Å². The first-order chi connectivity index (χ1) is 7.68. The Hall–Kier alpha value is -0.410. The van der Waals surface area contributed by atoms with E-state index in [-0.39, 0.29) is 0 Å². The molecule has 90 valence electrons. The first-order valence-corrected chi connectivity index (χ1v) is 7.18. The lowest BCUT2D eigenvalue weighted by molar-refractivity contribution is 0.207. The van der Waals surface area contributed by atoms with Gasteiger partial charge < -0.3 is 5.32 Å². The average molecular weight is 238 g/mol. The lowest BCUT2D eigenvalue weighted by Gasteiger charge is -2.33.